The Morgan fingerprint density at radius 1 is 1.17 bits per heavy atom. The van der Waals surface area contributed by atoms with Crippen LogP contribution in [0.3, 0.4) is 0 Å². The lowest BCUT2D eigenvalue weighted by atomic mass is 9.90. The molecule has 4 rings (SSSR count). The molecular formula is C22H31Cl2N3O3. The van der Waals surface area contributed by atoms with Gasteiger partial charge in [0.15, 0.2) is 0 Å². The van der Waals surface area contributed by atoms with E-state index in [9.17, 15) is 15.0 Å². The molecule has 1 aliphatic carbocycles. The molecule has 2 aliphatic heterocycles. The first kappa shape index (κ1) is 22.2. The second-order valence-electron chi connectivity index (χ2n) is 9.12. The number of amides is 1. The lowest BCUT2D eigenvalue weighted by Gasteiger charge is -2.41. The van der Waals surface area contributed by atoms with Crippen LogP contribution in [0.25, 0.3) is 0 Å². The summed E-state index contributed by atoms with van der Waals surface area (Å²) in [6.07, 6.45) is 3.16. The number of carbonyl (C=O) groups excluding carboxylic acids is 1. The zero-order chi connectivity index (χ0) is 21.5. The van der Waals surface area contributed by atoms with Crippen LogP contribution in [0.15, 0.2) is 18.2 Å². The zero-order valence-electron chi connectivity index (χ0n) is 17.4. The minimum absolute atomic E-state index is 0.00967. The van der Waals surface area contributed by atoms with E-state index in [0.29, 0.717) is 42.6 Å². The van der Waals surface area contributed by atoms with E-state index in [0.717, 1.165) is 38.0 Å². The number of β-amino-alcohol motifs (C(OH)–C–C–N with tert-alkyl or cyclic N) is 2. The molecule has 1 aromatic carbocycles. The van der Waals surface area contributed by atoms with E-state index in [-0.39, 0.29) is 23.5 Å². The molecule has 0 radical (unpaired) electrons. The van der Waals surface area contributed by atoms with Gasteiger partial charge in [-0.3, -0.25) is 4.79 Å². The number of rotatable bonds is 6. The fourth-order valence-electron chi connectivity index (χ4n) is 4.83. The van der Waals surface area contributed by atoms with Crippen molar-refractivity contribution in [3.05, 3.63) is 28.2 Å². The number of likely N-dealkylation sites (tertiary alicyclic amines) is 1. The number of halogens is 2. The van der Waals surface area contributed by atoms with Gasteiger partial charge in [0.05, 0.1) is 22.3 Å². The Hall–Kier alpha value is -1.05. The van der Waals surface area contributed by atoms with Crippen molar-refractivity contribution in [1.82, 2.24) is 9.80 Å². The molecule has 30 heavy (non-hydrogen) atoms. The van der Waals surface area contributed by atoms with Gasteiger partial charge in [-0.25, -0.2) is 0 Å². The van der Waals surface area contributed by atoms with Gasteiger partial charge < -0.3 is 24.9 Å². The molecule has 3 atom stereocenters. The topological polar surface area (TPSA) is 67.2 Å². The van der Waals surface area contributed by atoms with E-state index in [4.69, 9.17) is 23.2 Å². The Kier molecular flexibility index (Phi) is 6.52. The Balaban J connectivity index is 1.26. The van der Waals surface area contributed by atoms with E-state index in [2.05, 4.69) is 4.90 Å². The predicted molar refractivity (Wildman–Crippen MR) is 119 cm³/mol. The number of aliphatic hydroxyl groups is 2. The minimum Gasteiger partial charge on any atom is -0.391 e. The van der Waals surface area contributed by atoms with Gasteiger partial charge in [-0.15, -0.1) is 0 Å². The lowest BCUT2D eigenvalue weighted by Crippen LogP contribution is -2.57. The highest BCUT2D eigenvalue weighted by molar-refractivity contribution is 6.42. The zero-order valence-corrected chi connectivity index (χ0v) is 18.9. The van der Waals surface area contributed by atoms with Gasteiger partial charge in [0.25, 0.3) is 0 Å². The van der Waals surface area contributed by atoms with Crippen LogP contribution < -0.4 is 4.90 Å². The molecule has 2 N–H and O–H groups in total. The first-order valence-electron chi connectivity index (χ1n) is 10.9. The van der Waals surface area contributed by atoms with E-state index in [1.165, 1.54) is 0 Å². The van der Waals surface area contributed by atoms with Gasteiger partial charge in [0.1, 0.15) is 6.04 Å². The van der Waals surface area contributed by atoms with Crippen LogP contribution in [0.5, 0.6) is 0 Å². The summed E-state index contributed by atoms with van der Waals surface area (Å²) in [5.41, 5.74) is 1.08. The minimum atomic E-state index is -0.563. The summed E-state index contributed by atoms with van der Waals surface area (Å²) in [6, 6.07) is 5.09. The fraction of sp³-hybridized carbons (Fsp3) is 0.682. The number of benzene rings is 1. The van der Waals surface area contributed by atoms with Crippen LogP contribution in [0.4, 0.5) is 5.69 Å². The summed E-state index contributed by atoms with van der Waals surface area (Å²) in [6.45, 7) is 5.91. The van der Waals surface area contributed by atoms with E-state index in [1.54, 1.807) is 17.0 Å². The van der Waals surface area contributed by atoms with Crippen molar-refractivity contribution < 1.29 is 15.0 Å². The molecule has 3 aliphatic rings. The number of anilines is 1. The molecule has 166 valence electrons. The number of hydrogen-bond donors (Lipinski definition) is 2. The Labute approximate surface area is 188 Å². The highest BCUT2D eigenvalue weighted by Crippen LogP contribution is 2.53. The molecular weight excluding hydrogens is 425 g/mol. The van der Waals surface area contributed by atoms with Crippen LogP contribution in [0, 0.1) is 5.41 Å². The van der Waals surface area contributed by atoms with E-state index < -0.39 is 6.10 Å². The molecule has 2 saturated heterocycles. The number of nitrogens with zero attached hydrogens (tertiary/aromatic N) is 3. The first-order chi connectivity index (χ1) is 14.3. The highest BCUT2D eigenvalue weighted by atomic mass is 35.5. The maximum absolute atomic E-state index is 12.9. The summed E-state index contributed by atoms with van der Waals surface area (Å²) in [4.78, 5) is 18.9. The van der Waals surface area contributed by atoms with E-state index in [1.807, 2.05) is 17.9 Å². The number of piperazine rings is 1. The number of aliphatic hydroxyl groups excluding tert-OH is 2. The third kappa shape index (κ3) is 4.58. The van der Waals surface area contributed by atoms with Gasteiger partial charge >= 0.3 is 0 Å². The number of carbonyl (C=O) groups is 1. The van der Waals surface area contributed by atoms with Gasteiger partial charge in [-0.05, 0) is 62.8 Å². The molecule has 1 aromatic rings. The van der Waals surface area contributed by atoms with Crippen molar-refractivity contribution in [2.75, 3.05) is 44.2 Å². The van der Waals surface area contributed by atoms with Crippen molar-refractivity contribution in [1.29, 1.82) is 0 Å². The Bertz CT molecular complexity index is 789. The third-order valence-corrected chi connectivity index (χ3v) is 7.89. The Morgan fingerprint density at radius 2 is 1.93 bits per heavy atom. The van der Waals surface area contributed by atoms with Crippen LogP contribution in [0.2, 0.25) is 10.0 Å². The molecule has 1 amide bonds. The molecule has 0 unspecified atom stereocenters. The normalized spacial score (nSPS) is 27.6. The summed E-state index contributed by atoms with van der Waals surface area (Å²) in [5.74, 6) is 0.00967. The molecule has 2 heterocycles. The van der Waals surface area contributed by atoms with Gasteiger partial charge in [0, 0.05) is 38.4 Å². The number of piperidine rings is 1. The largest absolute Gasteiger partial charge is 0.391 e. The standard InChI is InChI=1S/C22H31Cl2N3O3/c1-15-21(30)26(10-11-27(15)16-2-3-18(23)19(24)12-16)13-17(28)4-8-25-9-7-22(5-6-22)20(29)14-25/h2-3,12,15,17,20,28-29H,4-11,13-14H2,1H3/t15-,17+,20+/m0/s1. The van der Waals surface area contributed by atoms with Crippen molar-refractivity contribution in [2.45, 2.75) is 50.9 Å². The molecule has 1 saturated carbocycles. The van der Waals surface area contributed by atoms with E-state index >= 15 is 0 Å². The van der Waals surface area contributed by atoms with Crippen molar-refractivity contribution in [3.63, 3.8) is 0 Å². The van der Waals surface area contributed by atoms with Crippen LogP contribution in [-0.4, -0.2) is 83.4 Å². The molecule has 8 heteroatoms. The lowest BCUT2D eigenvalue weighted by molar-refractivity contribution is -0.135. The van der Waals surface area contributed by atoms with Crippen LogP contribution in [0.1, 0.15) is 32.6 Å². The number of hydrogen-bond acceptors (Lipinski definition) is 5. The van der Waals surface area contributed by atoms with Crippen molar-refractivity contribution >= 4 is 34.8 Å². The molecule has 3 fully saturated rings. The molecule has 1 spiro atoms. The quantitative estimate of drug-likeness (QED) is 0.689. The molecule has 6 nitrogen and oxygen atoms in total. The maximum atomic E-state index is 12.9. The third-order valence-electron chi connectivity index (χ3n) is 7.15. The van der Waals surface area contributed by atoms with Crippen molar-refractivity contribution in [3.8, 4) is 0 Å². The van der Waals surface area contributed by atoms with Gasteiger partial charge in [0.2, 0.25) is 5.91 Å². The molecule has 0 aromatic heterocycles. The van der Waals surface area contributed by atoms with Crippen LogP contribution >= 0.6 is 23.2 Å². The average Bonchev–Trinajstić information content (AvgIpc) is 3.50. The fourth-order valence-corrected chi connectivity index (χ4v) is 5.12. The smallest absolute Gasteiger partial charge is 0.245 e. The summed E-state index contributed by atoms with van der Waals surface area (Å²) in [7, 11) is 0. The van der Waals surface area contributed by atoms with Gasteiger partial charge in [-0.1, -0.05) is 23.2 Å². The molecule has 0 bridgehead atoms. The summed E-state index contributed by atoms with van der Waals surface area (Å²) in [5, 5.41) is 21.8. The first-order valence-corrected chi connectivity index (χ1v) is 11.6. The van der Waals surface area contributed by atoms with Crippen molar-refractivity contribution in [2.24, 2.45) is 5.41 Å². The second kappa shape index (κ2) is 8.83. The average molecular weight is 456 g/mol. The monoisotopic (exact) mass is 455 g/mol. The second-order valence-corrected chi connectivity index (χ2v) is 9.94. The Morgan fingerprint density at radius 3 is 2.60 bits per heavy atom. The summed E-state index contributed by atoms with van der Waals surface area (Å²) >= 11 is 12.1. The van der Waals surface area contributed by atoms with Gasteiger partial charge in [-0.2, -0.15) is 0 Å². The maximum Gasteiger partial charge on any atom is 0.245 e. The van der Waals surface area contributed by atoms with Crippen LogP contribution in [-0.2, 0) is 4.79 Å². The summed E-state index contributed by atoms with van der Waals surface area (Å²) < 4.78 is 0. The predicted octanol–water partition coefficient (Wildman–Crippen LogP) is 2.63. The SMILES string of the molecule is C[C@H]1C(=O)N(C[C@H](O)CCN2CCC3(CC3)[C@H](O)C2)CCN1c1ccc(Cl)c(Cl)c1. The highest BCUT2D eigenvalue weighted by Gasteiger charge is 2.51.